The van der Waals surface area contributed by atoms with Crippen LogP contribution in [0, 0.1) is 0 Å². The molecule has 1 aliphatic heterocycles. The van der Waals surface area contributed by atoms with Crippen LogP contribution in [0.4, 0.5) is 0 Å². The number of halogens is 1. The molecule has 0 amide bonds. The number of nitrogens with two attached hydrogens (primary N) is 1. The Morgan fingerprint density at radius 1 is 1.63 bits per heavy atom. The van der Waals surface area contributed by atoms with Crippen molar-refractivity contribution in [3.05, 3.63) is 16.4 Å². The van der Waals surface area contributed by atoms with Crippen LogP contribution in [0.5, 0.6) is 0 Å². The van der Waals surface area contributed by atoms with Crippen molar-refractivity contribution in [2.24, 2.45) is 12.9 Å². The van der Waals surface area contributed by atoms with Gasteiger partial charge >= 0.3 is 0 Å². The smallest absolute Gasteiger partial charge is 0.0850 e. The number of nitrogens with one attached hydrogen (secondary N) is 1. The second-order valence-electron chi connectivity index (χ2n) is 5.37. The van der Waals surface area contributed by atoms with Crippen molar-refractivity contribution >= 4 is 11.6 Å². The molecular weight excluding hydrogens is 264 g/mol. The van der Waals surface area contributed by atoms with Gasteiger partial charge in [0, 0.05) is 20.1 Å². The minimum atomic E-state index is -0.227. The molecule has 1 saturated heterocycles. The Morgan fingerprint density at radius 3 is 2.84 bits per heavy atom. The maximum absolute atomic E-state index is 6.39. The number of hydrogen-bond acceptors (Lipinski definition) is 4. The molecule has 0 saturated carbocycles. The average molecular weight is 287 g/mol. The normalized spacial score (nSPS) is 24.9. The van der Waals surface area contributed by atoms with Crippen molar-refractivity contribution in [3.63, 3.8) is 0 Å². The Morgan fingerprint density at radius 2 is 2.37 bits per heavy atom. The van der Waals surface area contributed by atoms with Crippen LogP contribution in [0.1, 0.15) is 38.1 Å². The fourth-order valence-corrected chi connectivity index (χ4v) is 3.13. The first kappa shape index (κ1) is 14.8. The molecule has 108 valence electrons. The van der Waals surface area contributed by atoms with Crippen LogP contribution in [0.3, 0.4) is 0 Å². The summed E-state index contributed by atoms with van der Waals surface area (Å²) in [4.78, 5) is 0. The molecule has 1 aromatic rings. The fraction of sp³-hybridized carbons (Fsp3) is 0.769. The van der Waals surface area contributed by atoms with Crippen molar-refractivity contribution in [3.8, 4) is 0 Å². The highest BCUT2D eigenvalue weighted by Crippen LogP contribution is 2.31. The van der Waals surface area contributed by atoms with Crippen molar-refractivity contribution < 1.29 is 4.74 Å². The van der Waals surface area contributed by atoms with Crippen LogP contribution >= 0.6 is 11.6 Å². The number of aromatic nitrogens is 2. The van der Waals surface area contributed by atoms with Gasteiger partial charge in [0.05, 0.1) is 28.1 Å². The van der Waals surface area contributed by atoms with Crippen LogP contribution in [-0.2, 0) is 24.6 Å². The summed E-state index contributed by atoms with van der Waals surface area (Å²) in [5, 5.41) is 5.20. The molecule has 0 aromatic carbocycles. The third-order valence-corrected chi connectivity index (χ3v) is 4.52. The van der Waals surface area contributed by atoms with Crippen LogP contribution < -0.4 is 11.3 Å². The average Bonchev–Trinajstić information content (AvgIpc) is 2.93. The van der Waals surface area contributed by atoms with Crippen molar-refractivity contribution in [1.29, 1.82) is 0 Å². The van der Waals surface area contributed by atoms with Gasteiger partial charge in [-0.2, -0.15) is 5.10 Å². The molecule has 0 spiro atoms. The zero-order chi connectivity index (χ0) is 14.0. The highest BCUT2D eigenvalue weighted by atomic mass is 35.5. The molecule has 2 rings (SSSR count). The molecular formula is C13H23ClN4O. The Bertz CT molecular complexity index is 440. The maximum atomic E-state index is 6.39. The largest absolute Gasteiger partial charge is 0.374 e. The molecule has 1 aromatic heterocycles. The zero-order valence-electron chi connectivity index (χ0n) is 11.9. The molecule has 6 heteroatoms. The van der Waals surface area contributed by atoms with E-state index in [1.165, 1.54) is 0 Å². The van der Waals surface area contributed by atoms with Crippen molar-refractivity contribution in [2.75, 3.05) is 6.61 Å². The molecule has 1 fully saturated rings. The van der Waals surface area contributed by atoms with E-state index in [4.69, 9.17) is 22.2 Å². The van der Waals surface area contributed by atoms with Crippen molar-refractivity contribution in [1.82, 2.24) is 15.2 Å². The Balaban J connectivity index is 2.21. The van der Waals surface area contributed by atoms with Gasteiger partial charge in [0.2, 0.25) is 0 Å². The number of nitrogens with zero attached hydrogens (tertiary/aromatic N) is 2. The molecule has 5 nitrogen and oxygen atoms in total. The number of ether oxygens (including phenoxy) is 1. The second kappa shape index (κ2) is 5.79. The first-order valence-corrected chi connectivity index (χ1v) is 7.20. The van der Waals surface area contributed by atoms with Crippen molar-refractivity contribution in [2.45, 2.75) is 51.2 Å². The van der Waals surface area contributed by atoms with E-state index in [0.29, 0.717) is 0 Å². The SMILES string of the molecule is CCc1nn(C)c(CC(NN)C2(C)CCCO2)c1Cl. The minimum absolute atomic E-state index is 0.0348. The second-order valence-corrected chi connectivity index (χ2v) is 5.75. The van der Waals surface area contributed by atoms with Gasteiger partial charge in [0.15, 0.2) is 0 Å². The van der Waals surface area contributed by atoms with E-state index in [1.807, 2.05) is 11.7 Å². The van der Waals surface area contributed by atoms with E-state index in [0.717, 1.165) is 48.7 Å². The topological polar surface area (TPSA) is 65.1 Å². The predicted octanol–water partition coefficient (Wildman–Crippen LogP) is 1.58. The van der Waals surface area contributed by atoms with Crippen LogP contribution in [0.2, 0.25) is 5.02 Å². The lowest BCUT2D eigenvalue weighted by Gasteiger charge is -2.32. The molecule has 0 bridgehead atoms. The van der Waals surface area contributed by atoms with Gasteiger partial charge in [-0.25, -0.2) is 0 Å². The zero-order valence-corrected chi connectivity index (χ0v) is 12.6. The van der Waals surface area contributed by atoms with Gasteiger partial charge in [-0.3, -0.25) is 16.0 Å². The summed E-state index contributed by atoms with van der Waals surface area (Å²) >= 11 is 6.39. The molecule has 2 atom stereocenters. The molecule has 0 aliphatic carbocycles. The van der Waals surface area contributed by atoms with Gasteiger partial charge in [0.25, 0.3) is 0 Å². The van der Waals surface area contributed by atoms with Crippen LogP contribution in [-0.4, -0.2) is 28.0 Å². The van der Waals surface area contributed by atoms with E-state index < -0.39 is 0 Å². The number of hydrazine groups is 1. The standard InChI is InChI=1S/C13H23ClN4O/c1-4-9-12(14)10(18(3)17-9)8-11(16-15)13(2)6-5-7-19-13/h11,16H,4-8,15H2,1-3H3. The summed E-state index contributed by atoms with van der Waals surface area (Å²) in [6.07, 6.45) is 3.64. The Labute approximate surface area is 119 Å². The molecule has 2 unspecified atom stereocenters. The summed E-state index contributed by atoms with van der Waals surface area (Å²) in [5.41, 5.74) is 4.61. The fourth-order valence-electron chi connectivity index (χ4n) is 2.76. The number of hydrogen-bond donors (Lipinski definition) is 2. The number of aryl methyl sites for hydroxylation is 2. The van der Waals surface area contributed by atoms with Gasteiger partial charge in [0.1, 0.15) is 0 Å². The molecule has 3 N–H and O–H groups in total. The van der Waals surface area contributed by atoms with E-state index in [2.05, 4.69) is 24.4 Å². The Hall–Kier alpha value is -0.620. The van der Waals surface area contributed by atoms with E-state index >= 15 is 0 Å². The molecule has 19 heavy (non-hydrogen) atoms. The minimum Gasteiger partial charge on any atom is -0.374 e. The molecule has 0 radical (unpaired) electrons. The quantitative estimate of drug-likeness (QED) is 0.637. The van der Waals surface area contributed by atoms with Gasteiger partial charge < -0.3 is 4.74 Å². The van der Waals surface area contributed by atoms with E-state index in [9.17, 15) is 0 Å². The van der Waals surface area contributed by atoms with Gasteiger partial charge in [-0.05, 0) is 26.2 Å². The van der Waals surface area contributed by atoms with Gasteiger partial charge in [-0.1, -0.05) is 18.5 Å². The highest BCUT2D eigenvalue weighted by Gasteiger charge is 2.38. The maximum Gasteiger partial charge on any atom is 0.0850 e. The monoisotopic (exact) mass is 286 g/mol. The summed E-state index contributed by atoms with van der Waals surface area (Å²) in [7, 11) is 1.92. The summed E-state index contributed by atoms with van der Waals surface area (Å²) in [6.45, 7) is 4.96. The lowest BCUT2D eigenvalue weighted by atomic mass is 9.90. The summed E-state index contributed by atoms with van der Waals surface area (Å²) in [5.74, 6) is 5.72. The predicted molar refractivity (Wildman–Crippen MR) is 76.0 cm³/mol. The highest BCUT2D eigenvalue weighted by molar-refractivity contribution is 6.31. The Kier molecular flexibility index (Phi) is 4.50. The summed E-state index contributed by atoms with van der Waals surface area (Å²) < 4.78 is 7.71. The lowest BCUT2D eigenvalue weighted by molar-refractivity contribution is -0.0119. The third-order valence-electron chi connectivity index (χ3n) is 4.09. The van der Waals surface area contributed by atoms with Gasteiger partial charge in [-0.15, -0.1) is 0 Å². The molecule has 1 aliphatic rings. The number of rotatable bonds is 5. The van der Waals surface area contributed by atoms with E-state index in [-0.39, 0.29) is 11.6 Å². The van der Waals surface area contributed by atoms with Crippen LogP contribution in [0.15, 0.2) is 0 Å². The first-order chi connectivity index (χ1) is 9.01. The lowest BCUT2D eigenvalue weighted by Crippen LogP contribution is -2.52. The summed E-state index contributed by atoms with van der Waals surface area (Å²) in [6, 6.07) is 0.0348. The first-order valence-electron chi connectivity index (χ1n) is 6.82. The third kappa shape index (κ3) is 2.79. The van der Waals surface area contributed by atoms with Crippen LogP contribution in [0.25, 0.3) is 0 Å². The molecule has 2 heterocycles. The van der Waals surface area contributed by atoms with E-state index in [1.54, 1.807) is 0 Å².